The second-order valence-electron chi connectivity index (χ2n) is 4.25. The van der Waals surface area contributed by atoms with Crippen molar-refractivity contribution < 1.29 is 18.7 Å². The maximum absolute atomic E-state index is 12.9. The minimum absolute atomic E-state index is 0.0543. The van der Waals surface area contributed by atoms with E-state index in [4.69, 9.17) is 5.73 Å². The molecule has 2 aromatic rings. The van der Waals surface area contributed by atoms with E-state index in [9.17, 15) is 14.0 Å². The number of carbonyl (C=O) groups is 2. The molecule has 0 saturated carbocycles. The topological polar surface area (TPSA) is 81.4 Å². The molecule has 0 unspecified atom stereocenters. The molecule has 0 atom stereocenters. The fourth-order valence-corrected chi connectivity index (χ4v) is 1.75. The Balaban J connectivity index is 2.14. The first-order valence-corrected chi connectivity index (χ1v) is 6.06. The summed E-state index contributed by atoms with van der Waals surface area (Å²) in [5.41, 5.74) is 6.68. The normalized spacial score (nSPS) is 10.0. The van der Waals surface area contributed by atoms with E-state index in [1.165, 1.54) is 25.3 Å². The van der Waals surface area contributed by atoms with Gasteiger partial charge < -0.3 is 15.8 Å². The molecular weight excluding hydrogens is 275 g/mol. The number of nitrogens with one attached hydrogen (secondary N) is 1. The molecule has 3 N–H and O–H groups in total. The van der Waals surface area contributed by atoms with Crippen LogP contribution in [0.4, 0.5) is 15.8 Å². The average Bonchev–Trinajstić information content (AvgIpc) is 2.47. The van der Waals surface area contributed by atoms with Crippen LogP contribution in [0, 0.1) is 5.82 Å². The van der Waals surface area contributed by atoms with E-state index in [1.54, 1.807) is 12.1 Å². The number of halogens is 1. The molecule has 2 aromatic carbocycles. The predicted octanol–water partition coefficient (Wildman–Crippen LogP) is 2.45. The van der Waals surface area contributed by atoms with E-state index >= 15 is 0 Å². The van der Waals surface area contributed by atoms with Crippen molar-refractivity contribution in [3.63, 3.8) is 0 Å². The first-order chi connectivity index (χ1) is 10.0. The van der Waals surface area contributed by atoms with E-state index in [0.717, 1.165) is 12.1 Å². The monoisotopic (exact) mass is 288 g/mol. The second-order valence-corrected chi connectivity index (χ2v) is 4.25. The van der Waals surface area contributed by atoms with Crippen LogP contribution in [-0.2, 0) is 4.74 Å². The van der Waals surface area contributed by atoms with Gasteiger partial charge in [0.2, 0.25) is 0 Å². The summed E-state index contributed by atoms with van der Waals surface area (Å²) in [6.45, 7) is 0. The summed E-state index contributed by atoms with van der Waals surface area (Å²) in [5, 5.41) is 2.61. The number of benzene rings is 2. The molecule has 6 heteroatoms. The third-order valence-electron chi connectivity index (χ3n) is 2.82. The molecule has 0 aliphatic rings. The van der Waals surface area contributed by atoms with Gasteiger partial charge in [-0.15, -0.1) is 0 Å². The zero-order valence-corrected chi connectivity index (χ0v) is 11.2. The largest absolute Gasteiger partial charge is 0.465 e. The number of hydrogen-bond donors (Lipinski definition) is 2. The number of carbonyl (C=O) groups excluding carboxylic acids is 2. The van der Waals surface area contributed by atoms with Crippen LogP contribution in [0.25, 0.3) is 0 Å². The van der Waals surface area contributed by atoms with E-state index in [1.807, 2.05) is 0 Å². The predicted molar refractivity (Wildman–Crippen MR) is 76.5 cm³/mol. The number of methoxy groups -OCH3 is 1. The lowest BCUT2D eigenvalue weighted by Crippen LogP contribution is -2.14. The summed E-state index contributed by atoms with van der Waals surface area (Å²) in [6.07, 6.45) is 0. The Kier molecular flexibility index (Phi) is 4.18. The van der Waals surface area contributed by atoms with Crippen molar-refractivity contribution in [2.75, 3.05) is 18.2 Å². The fourth-order valence-electron chi connectivity index (χ4n) is 1.75. The second kappa shape index (κ2) is 6.04. The number of anilines is 2. The van der Waals surface area contributed by atoms with E-state index in [2.05, 4.69) is 10.1 Å². The highest BCUT2D eigenvalue weighted by atomic mass is 19.1. The van der Waals surface area contributed by atoms with Gasteiger partial charge in [0, 0.05) is 11.4 Å². The molecule has 21 heavy (non-hydrogen) atoms. The highest BCUT2D eigenvalue weighted by molar-refractivity contribution is 6.07. The van der Waals surface area contributed by atoms with Crippen LogP contribution in [-0.4, -0.2) is 19.0 Å². The minimum Gasteiger partial charge on any atom is -0.465 e. The van der Waals surface area contributed by atoms with Crippen LogP contribution in [0.15, 0.2) is 42.5 Å². The molecule has 0 heterocycles. The van der Waals surface area contributed by atoms with Crippen LogP contribution in [0.3, 0.4) is 0 Å². The summed E-state index contributed by atoms with van der Waals surface area (Å²) in [4.78, 5) is 23.3. The Morgan fingerprint density at radius 3 is 2.38 bits per heavy atom. The van der Waals surface area contributed by atoms with Crippen LogP contribution in [0.5, 0.6) is 0 Å². The Bertz CT molecular complexity index is 684. The third kappa shape index (κ3) is 3.36. The number of ether oxygens (including phenoxy) is 1. The van der Waals surface area contributed by atoms with E-state index in [-0.39, 0.29) is 11.3 Å². The zero-order chi connectivity index (χ0) is 15.4. The van der Waals surface area contributed by atoms with Gasteiger partial charge in [-0.25, -0.2) is 9.18 Å². The first kappa shape index (κ1) is 14.5. The Morgan fingerprint density at radius 1 is 1.14 bits per heavy atom. The molecule has 0 fully saturated rings. The number of rotatable bonds is 3. The number of esters is 1. The van der Waals surface area contributed by atoms with Gasteiger partial charge >= 0.3 is 5.97 Å². The van der Waals surface area contributed by atoms with Gasteiger partial charge in [-0.05, 0) is 42.5 Å². The van der Waals surface area contributed by atoms with Crippen LogP contribution in [0.1, 0.15) is 20.7 Å². The molecule has 2 rings (SSSR count). The smallest absolute Gasteiger partial charge is 0.337 e. The van der Waals surface area contributed by atoms with Crippen molar-refractivity contribution in [3.8, 4) is 0 Å². The molecule has 0 saturated heterocycles. The van der Waals surface area contributed by atoms with E-state index in [0.29, 0.717) is 11.3 Å². The number of nitrogen functional groups attached to an aromatic ring is 1. The molecule has 0 bridgehead atoms. The van der Waals surface area contributed by atoms with Crippen LogP contribution in [0.2, 0.25) is 0 Å². The highest BCUT2D eigenvalue weighted by Gasteiger charge is 2.11. The molecule has 1 amide bonds. The molecule has 0 radical (unpaired) electrons. The number of amides is 1. The Morgan fingerprint density at radius 2 is 1.81 bits per heavy atom. The molecule has 108 valence electrons. The minimum atomic E-state index is -0.508. The van der Waals surface area contributed by atoms with Crippen molar-refractivity contribution in [2.45, 2.75) is 0 Å². The summed E-state index contributed by atoms with van der Waals surface area (Å²) < 4.78 is 17.5. The summed E-state index contributed by atoms with van der Waals surface area (Å²) in [5.74, 6) is -1.43. The maximum atomic E-state index is 12.9. The lowest BCUT2D eigenvalue weighted by atomic mass is 10.1. The summed E-state index contributed by atoms with van der Waals surface area (Å²) in [7, 11) is 1.29. The van der Waals surface area contributed by atoms with Gasteiger partial charge in [-0.3, -0.25) is 4.79 Å². The molecule has 0 aromatic heterocycles. The lowest BCUT2D eigenvalue weighted by Gasteiger charge is -2.08. The quantitative estimate of drug-likeness (QED) is 0.671. The van der Waals surface area contributed by atoms with Crippen molar-refractivity contribution >= 4 is 23.3 Å². The molecule has 0 aliphatic heterocycles. The van der Waals surface area contributed by atoms with Gasteiger partial charge in [-0.2, -0.15) is 0 Å². The van der Waals surface area contributed by atoms with E-state index < -0.39 is 17.7 Å². The Hall–Kier alpha value is -2.89. The molecule has 0 spiro atoms. The lowest BCUT2D eigenvalue weighted by molar-refractivity contribution is 0.0600. The van der Waals surface area contributed by atoms with Gasteiger partial charge in [0.1, 0.15) is 5.82 Å². The third-order valence-corrected chi connectivity index (χ3v) is 2.82. The van der Waals surface area contributed by atoms with Gasteiger partial charge in [-0.1, -0.05) is 0 Å². The molecule has 0 aliphatic carbocycles. The summed E-state index contributed by atoms with van der Waals surface area (Å²) in [6, 6.07) is 9.71. The zero-order valence-electron chi connectivity index (χ0n) is 11.2. The first-order valence-electron chi connectivity index (χ1n) is 6.06. The molecular formula is C15H13FN2O3. The Labute approximate surface area is 120 Å². The molecule has 5 nitrogen and oxygen atoms in total. The van der Waals surface area contributed by atoms with Crippen molar-refractivity contribution in [2.24, 2.45) is 0 Å². The van der Waals surface area contributed by atoms with Gasteiger partial charge in [0.15, 0.2) is 0 Å². The summed E-state index contributed by atoms with van der Waals surface area (Å²) >= 11 is 0. The standard InChI is InChI=1S/C15H13FN2O3/c1-21-15(20)9-2-5-11(6-3-9)18-14(19)12-7-4-10(16)8-13(12)17/h2-8H,17H2,1H3,(H,18,19). The highest BCUT2D eigenvalue weighted by Crippen LogP contribution is 2.16. The SMILES string of the molecule is COC(=O)c1ccc(NC(=O)c2ccc(F)cc2N)cc1. The van der Waals surface area contributed by atoms with Gasteiger partial charge in [0.25, 0.3) is 5.91 Å². The van der Waals surface area contributed by atoms with Gasteiger partial charge in [0.05, 0.1) is 18.2 Å². The maximum Gasteiger partial charge on any atom is 0.337 e. The van der Waals surface area contributed by atoms with Crippen molar-refractivity contribution in [3.05, 3.63) is 59.4 Å². The van der Waals surface area contributed by atoms with Crippen molar-refractivity contribution in [1.82, 2.24) is 0 Å². The van der Waals surface area contributed by atoms with Crippen LogP contribution < -0.4 is 11.1 Å². The number of hydrogen-bond acceptors (Lipinski definition) is 4. The number of nitrogens with two attached hydrogens (primary N) is 1. The average molecular weight is 288 g/mol. The fraction of sp³-hybridized carbons (Fsp3) is 0.0667. The van der Waals surface area contributed by atoms with Crippen molar-refractivity contribution in [1.29, 1.82) is 0 Å². The van der Waals surface area contributed by atoms with Crippen LogP contribution >= 0.6 is 0 Å².